The van der Waals surface area contributed by atoms with Gasteiger partial charge in [0, 0.05) is 24.5 Å². The van der Waals surface area contributed by atoms with Gasteiger partial charge in [0.1, 0.15) is 23.0 Å². The number of aromatic nitrogens is 1. The Hall–Kier alpha value is -3.61. The Morgan fingerprint density at radius 3 is 1.40 bits per heavy atom. The van der Waals surface area contributed by atoms with E-state index in [2.05, 4.69) is 4.98 Å². The highest BCUT2D eigenvalue weighted by molar-refractivity contribution is 6.08. The Balaban J connectivity index is 1.88. The molecule has 0 unspecified atom stereocenters. The molecule has 30 heavy (non-hydrogen) atoms. The Morgan fingerprint density at radius 1 is 0.700 bits per heavy atom. The smallest absolute Gasteiger partial charge is 0.276 e. The van der Waals surface area contributed by atoms with Crippen LogP contribution < -0.4 is 9.80 Å². The summed E-state index contributed by atoms with van der Waals surface area (Å²) in [5.41, 5.74) is 1.26. The van der Waals surface area contributed by atoms with Crippen LogP contribution in [0.15, 0.2) is 66.7 Å². The van der Waals surface area contributed by atoms with Crippen molar-refractivity contribution in [2.24, 2.45) is 0 Å². The molecular weight excluding hydrogens is 388 g/mol. The molecule has 0 aliphatic heterocycles. The molecule has 0 aliphatic carbocycles. The Morgan fingerprint density at radius 2 is 1.07 bits per heavy atom. The number of carbonyl (C=O) groups is 2. The Labute approximate surface area is 173 Å². The topological polar surface area (TPSA) is 53.5 Å². The van der Waals surface area contributed by atoms with Crippen molar-refractivity contribution in [3.8, 4) is 0 Å². The highest BCUT2D eigenvalue weighted by atomic mass is 19.1. The maximum atomic E-state index is 13.2. The largest absolute Gasteiger partial charge is 0.307 e. The zero-order valence-electron chi connectivity index (χ0n) is 16.7. The fourth-order valence-electron chi connectivity index (χ4n) is 3.08. The summed E-state index contributed by atoms with van der Waals surface area (Å²) >= 11 is 0. The molecular formula is C23H21F2N3O2. The second kappa shape index (κ2) is 9.26. The molecule has 0 aliphatic rings. The second-order valence-electron chi connectivity index (χ2n) is 6.46. The van der Waals surface area contributed by atoms with E-state index in [4.69, 9.17) is 0 Å². The zero-order chi connectivity index (χ0) is 21.7. The third kappa shape index (κ3) is 4.51. The van der Waals surface area contributed by atoms with Crippen LogP contribution in [0.5, 0.6) is 0 Å². The fourth-order valence-corrected chi connectivity index (χ4v) is 3.08. The number of hydrogen-bond acceptors (Lipinski definition) is 3. The van der Waals surface area contributed by atoms with E-state index in [1.165, 1.54) is 70.5 Å². The van der Waals surface area contributed by atoms with Crippen LogP contribution in [0, 0.1) is 11.6 Å². The second-order valence-corrected chi connectivity index (χ2v) is 6.46. The van der Waals surface area contributed by atoms with Crippen molar-refractivity contribution in [1.82, 2.24) is 4.98 Å². The van der Waals surface area contributed by atoms with Gasteiger partial charge in [0.15, 0.2) is 0 Å². The molecule has 0 N–H and O–H groups in total. The predicted octanol–water partition coefficient (Wildman–Crippen LogP) is 4.69. The molecule has 154 valence electrons. The monoisotopic (exact) mass is 409 g/mol. The van der Waals surface area contributed by atoms with Crippen molar-refractivity contribution in [1.29, 1.82) is 0 Å². The molecule has 0 saturated heterocycles. The first-order valence-electron chi connectivity index (χ1n) is 9.56. The first-order chi connectivity index (χ1) is 14.4. The van der Waals surface area contributed by atoms with Crippen molar-refractivity contribution in [2.45, 2.75) is 13.8 Å². The molecule has 2 amide bonds. The molecule has 3 rings (SSSR count). The van der Waals surface area contributed by atoms with Crippen LogP contribution >= 0.6 is 0 Å². The van der Waals surface area contributed by atoms with Crippen molar-refractivity contribution >= 4 is 23.2 Å². The lowest BCUT2D eigenvalue weighted by molar-refractivity contribution is 0.0979. The Kier molecular flexibility index (Phi) is 6.51. The average molecular weight is 409 g/mol. The standard InChI is InChI=1S/C23H21F2N3O2/c1-3-27(18-12-8-16(24)9-13-18)22(29)20-6-5-7-21(26-20)23(30)28(4-2)19-14-10-17(25)11-15-19/h5-15H,3-4H2,1-2H3. The first kappa shape index (κ1) is 21.1. The SMILES string of the molecule is CCN(C(=O)c1cccc(C(=O)N(CC)c2ccc(F)cc2)n1)c1ccc(F)cc1. The summed E-state index contributed by atoms with van der Waals surface area (Å²) in [5, 5.41) is 0. The minimum atomic E-state index is -0.399. The van der Waals surface area contributed by atoms with Crippen molar-refractivity contribution < 1.29 is 18.4 Å². The zero-order valence-corrected chi connectivity index (χ0v) is 16.7. The van der Waals surface area contributed by atoms with E-state index in [9.17, 15) is 18.4 Å². The molecule has 1 aromatic heterocycles. The molecule has 0 radical (unpaired) electrons. The summed E-state index contributed by atoms with van der Waals surface area (Å²) in [7, 11) is 0. The number of pyridine rings is 1. The summed E-state index contributed by atoms with van der Waals surface area (Å²) in [5.74, 6) is -1.59. The van der Waals surface area contributed by atoms with E-state index in [0.29, 0.717) is 24.5 Å². The van der Waals surface area contributed by atoms with Gasteiger partial charge in [-0.2, -0.15) is 0 Å². The van der Waals surface area contributed by atoms with Crippen LogP contribution in [0.4, 0.5) is 20.2 Å². The van der Waals surface area contributed by atoms with E-state index in [1.54, 1.807) is 19.9 Å². The van der Waals surface area contributed by atoms with Crippen LogP contribution in [0.1, 0.15) is 34.8 Å². The van der Waals surface area contributed by atoms with Gasteiger partial charge >= 0.3 is 0 Å². The van der Waals surface area contributed by atoms with Gasteiger partial charge in [0.2, 0.25) is 0 Å². The number of nitrogens with zero attached hydrogens (tertiary/aromatic N) is 3. The van der Waals surface area contributed by atoms with Crippen molar-refractivity contribution in [3.05, 3.63) is 89.8 Å². The van der Waals surface area contributed by atoms with Gasteiger partial charge < -0.3 is 9.80 Å². The van der Waals surface area contributed by atoms with E-state index in [0.717, 1.165) is 0 Å². The molecule has 1 heterocycles. The average Bonchev–Trinajstić information content (AvgIpc) is 2.77. The van der Waals surface area contributed by atoms with Gasteiger partial charge in [-0.15, -0.1) is 0 Å². The third-order valence-corrected chi connectivity index (χ3v) is 4.59. The molecule has 3 aromatic rings. The summed E-state index contributed by atoms with van der Waals surface area (Å²) in [6, 6.07) is 15.8. The molecule has 0 fully saturated rings. The molecule has 5 nitrogen and oxygen atoms in total. The van der Waals surface area contributed by atoms with Crippen LogP contribution in [0.2, 0.25) is 0 Å². The molecule has 0 atom stereocenters. The van der Waals surface area contributed by atoms with Crippen LogP contribution in [-0.4, -0.2) is 29.9 Å². The maximum Gasteiger partial charge on any atom is 0.276 e. The van der Waals surface area contributed by atoms with Crippen LogP contribution in [-0.2, 0) is 0 Å². The number of amides is 2. The highest BCUT2D eigenvalue weighted by Gasteiger charge is 2.22. The molecule has 0 saturated carbocycles. The Bertz CT molecular complexity index is 956. The quantitative estimate of drug-likeness (QED) is 0.593. The van der Waals surface area contributed by atoms with Crippen LogP contribution in [0.25, 0.3) is 0 Å². The first-order valence-corrected chi connectivity index (χ1v) is 9.56. The van der Waals surface area contributed by atoms with E-state index < -0.39 is 23.4 Å². The molecule has 2 aromatic carbocycles. The van der Waals surface area contributed by atoms with E-state index in [-0.39, 0.29) is 11.4 Å². The summed E-state index contributed by atoms with van der Waals surface area (Å²) in [4.78, 5) is 33.1. The number of halogens is 2. The van der Waals surface area contributed by atoms with E-state index >= 15 is 0 Å². The van der Waals surface area contributed by atoms with Gasteiger partial charge in [-0.3, -0.25) is 9.59 Å². The number of carbonyl (C=O) groups excluding carboxylic acids is 2. The lowest BCUT2D eigenvalue weighted by Gasteiger charge is -2.22. The number of rotatable bonds is 6. The van der Waals surface area contributed by atoms with Gasteiger partial charge in [0.25, 0.3) is 11.8 Å². The summed E-state index contributed by atoms with van der Waals surface area (Å²) in [6.45, 7) is 4.29. The van der Waals surface area contributed by atoms with Crippen molar-refractivity contribution in [3.63, 3.8) is 0 Å². The summed E-state index contributed by atoms with van der Waals surface area (Å²) in [6.07, 6.45) is 0. The highest BCUT2D eigenvalue weighted by Crippen LogP contribution is 2.19. The van der Waals surface area contributed by atoms with Crippen molar-refractivity contribution in [2.75, 3.05) is 22.9 Å². The third-order valence-electron chi connectivity index (χ3n) is 4.59. The number of hydrogen-bond donors (Lipinski definition) is 0. The number of anilines is 2. The fraction of sp³-hybridized carbons (Fsp3) is 0.174. The molecule has 7 heteroatoms. The molecule has 0 spiro atoms. The normalized spacial score (nSPS) is 10.5. The van der Waals surface area contributed by atoms with Gasteiger partial charge in [0.05, 0.1) is 0 Å². The predicted molar refractivity (Wildman–Crippen MR) is 112 cm³/mol. The van der Waals surface area contributed by atoms with Crippen LogP contribution in [0.3, 0.4) is 0 Å². The van der Waals surface area contributed by atoms with Gasteiger partial charge in [-0.1, -0.05) is 6.07 Å². The van der Waals surface area contributed by atoms with Gasteiger partial charge in [-0.05, 0) is 74.5 Å². The molecule has 0 bridgehead atoms. The number of benzene rings is 2. The van der Waals surface area contributed by atoms with E-state index in [1.807, 2.05) is 0 Å². The summed E-state index contributed by atoms with van der Waals surface area (Å²) < 4.78 is 26.4. The minimum absolute atomic E-state index is 0.0992. The maximum absolute atomic E-state index is 13.2. The van der Waals surface area contributed by atoms with Gasteiger partial charge in [-0.25, -0.2) is 13.8 Å². The lowest BCUT2D eigenvalue weighted by atomic mass is 10.2. The lowest BCUT2D eigenvalue weighted by Crippen LogP contribution is -2.34. The minimum Gasteiger partial charge on any atom is -0.307 e.